The molecule has 5 rings (SSSR count). The first kappa shape index (κ1) is 15.4. The molecule has 1 aromatic rings. The number of likely N-dealkylation sites (N-methyl/N-ethyl adjacent to an activating group) is 1. The van der Waals surface area contributed by atoms with Gasteiger partial charge in [0.2, 0.25) is 0 Å². The van der Waals surface area contributed by atoms with Crippen molar-refractivity contribution in [2.45, 2.75) is 37.3 Å². The van der Waals surface area contributed by atoms with E-state index in [9.17, 15) is 4.79 Å². The number of piperidine rings is 2. The van der Waals surface area contributed by atoms with E-state index in [2.05, 4.69) is 54.1 Å². The van der Waals surface area contributed by atoms with Crippen LogP contribution in [0, 0.1) is 11.8 Å². The summed E-state index contributed by atoms with van der Waals surface area (Å²) in [5.74, 6) is 0.224. The van der Waals surface area contributed by atoms with E-state index >= 15 is 0 Å². The van der Waals surface area contributed by atoms with E-state index in [1.807, 2.05) is 0 Å². The molecule has 4 heteroatoms. The van der Waals surface area contributed by atoms with E-state index in [1.54, 1.807) is 7.11 Å². The molecule has 0 aromatic heterocycles. The SMILES string of the molecule is C/C=C1/CN2CCC34c5ccccc5N(C)[C@@H]3[C@@H]2C[C@@H]1[C@H]4C(=O)OC. The number of carbonyl (C=O) groups is 1. The van der Waals surface area contributed by atoms with Crippen molar-refractivity contribution in [2.75, 3.05) is 32.1 Å². The lowest BCUT2D eigenvalue weighted by atomic mass is 9.50. The van der Waals surface area contributed by atoms with Gasteiger partial charge in [0.25, 0.3) is 0 Å². The number of hydrogen-bond donors (Lipinski definition) is 0. The molecule has 132 valence electrons. The number of allylic oxidation sites excluding steroid dienone is 1. The molecular weight excluding hydrogens is 312 g/mol. The first-order valence-corrected chi connectivity index (χ1v) is 9.42. The van der Waals surface area contributed by atoms with Crippen LogP contribution in [-0.2, 0) is 14.9 Å². The molecular formula is C21H26N2O2. The highest BCUT2D eigenvalue weighted by Crippen LogP contribution is 2.63. The van der Waals surface area contributed by atoms with Gasteiger partial charge < -0.3 is 9.64 Å². The summed E-state index contributed by atoms with van der Waals surface area (Å²) in [7, 11) is 3.77. The largest absolute Gasteiger partial charge is 0.469 e. The molecule has 0 spiro atoms. The Morgan fingerprint density at radius 3 is 2.92 bits per heavy atom. The van der Waals surface area contributed by atoms with Crippen molar-refractivity contribution in [1.29, 1.82) is 0 Å². The van der Waals surface area contributed by atoms with Crippen LogP contribution in [0.15, 0.2) is 35.9 Å². The Labute approximate surface area is 149 Å². The predicted molar refractivity (Wildman–Crippen MR) is 97.7 cm³/mol. The van der Waals surface area contributed by atoms with Crippen molar-refractivity contribution < 1.29 is 9.53 Å². The first-order valence-electron chi connectivity index (χ1n) is 9.42. The van der Waals surface area contributed by atoms with Crippen molar-refractivity contribution in [2.24, 2.45) is 11.8 Å². The van der Waals surface area contributed by atoms with Crippen molar-refractivity contribution in [3.63, 3.8) is 0 Å². The maximum Gasteiger partial charge on any atom is 0.310 e. The van der Waals surface area contributed by atoms with Gasteiger partial charge in [-0.05, 0) is 43.9 Å². The van der Waals surface area contributed by atoms with E-state index in [0.29, 0.717) is 18.0 Å². The number of methoxy groups -OCH3 is 1. The van der Waals surface area contributed by atoms with Crippen LogP contribution in [0.1, 0.15) is 25.3 Å². The van der Waals surface area contributed by atoms with E-state index in [0.717, 1.165) is 25.9 Å². The second-order valence-electron chi connectivity index (χ2n) is 8.11. The lowest BCUT2D eigenvalue weighted by molar-refractivity contribution is -0.158. The van der Waals surface area contributed by atoms with Crippen molar-refractivity contribution >= 4 is 11.7 Å². The third kappa shape index (κ3) is 1.69. The molecule has 3 bridgehead atoms. The summed E-state index contributed by atoms with van der Waals surface area (Å²) >= 11 is 0. The van der Waals surface area contributed by atoms with E-state index < -0.39 is 0 Å². The van der Waals surface area contributed by atoms with Gasteiger partial charge in [-0.2, -0.15) is 0 Å². The summed E-state index contributed by atoms with van der Waals surface area (Å²) in [5, 5.41) is 0. The van der Waals surface area contributed by atoms with E-state index in [-0.39, 0.29) is 17.3 Å². The van der Waals surface area contributed by atoms with Crippen LogP contribution in [0.2, 0.25) is 0 Å². The highest BCUT2D eigenvalue weighted by molar-refractivity contribution is 5.80. The molecule has 1 aromatic carbocycles. The smallest absolute Gasteiger partial charge is 0.310 e. The second-order valence-corrected chi connectivity index (χ2v) is 8.11. The fourth-order valence-corrected chi connectivity index (χ4v) is 6.67. The van der Waals surface area contributed by atoms with Crippen LogP contribution in [0.3, 0.4) is 0 Å². The molecule has 1 unspecified atom stereocenters. The Bertz CT molecular complexity index is 773. The highest BCUT2D eigenvalue weighted by atomic mass is 16.5. The van der Waals surface area contributed by atoms with E-state index in [1.165, 1.54) is 16.8 Å². The zero-order chi connectivity index (χ0) is 17.3. The van der Waals surface area contributed by atoms with Crippen LogP contribution in [-0.4, -0.2) is 50.2 Å². The van der Waals surface area contributed by atoms with Crippen LogP contribution < -0.4 is 4.90 Å². The number of fused-ring (bicyclic) bond motifs is 2. The van der Waals surface area contributed by atoms with Crippen molar-refractivity contribution in [3.05, 3.63) is 41.5 Å². The fourth-order valence-electron chi connectivity index (χ4n) is 6.67. The predicted octanol–water partition coefficient (Wildman–Crippen LogP) is 2.59. The molecule has 2 saturated heterocycles. The minimum absolute atomic E-state index is 0.0201. The summed E-state index contributed by atoms with van der Waals surface area (Å²) < 4.78 is 5.38. The van der Waals surface area contributed by atoms with Gasteiger partial charge in [0.05, 0.1) is 19.1 Å². The van der Waals surface area contributed by atoms with Crippen molar-refractivity contribution in [3.8, 4) is 0 Å². The molecule has 25 heavy (non-hydrogen) atoms. The standard InChI is InChI=1S/C21H26N2O2/c1-4-13-12-23-10-9-21-15-7-5-6-8-16(15)22(2)19(21)17(23)11-14(13)18(21)20(24)25-3/h4-8,14,17-19H,9-12H2,1-3H3/b13-4-/t14-,17-,18-,19+,21?/m0/s1. The molecule has 4 nitrogen and oxygen atoms in total. The molecule has 0 amide bonds. The van der Waals surface area contributed by atoms with Crippen LogP contribution in [0.5, 0.6) is 0 Å². The highest BCUT2D eigenvalue weighted by Gasteiger charge is 2.68. The summed E-state index contributed by atoms with van der Waals surface area (Å²) in [6, 6.07) is 9.63. The number of carbonyl (C=O) groups excluding carboxylic acids is 1. The number of nitrogens with zero attached hydrogens (tertiary/aromatic N) is 2. The molecule has 3 heterocycles. The number of hydrogen-bond acceptors (Lipinski definition) is 4. The normalized spacial score (nSPS) is 40.1. The molecule has 3 aliphatic heterocycles. The van der Waals surface area contributed by atoms with E-state index in [4.69, 9.17) is 4.74 Å². The Kier molecular flexibility index (Phi) is 3.15. The lowest BCUT2D eigenvalue weighted by Gasteiger charge is -2.63. The molecule has 5 atom stereocenters. The van der Waals surface area contributed by atoms with Crippen molar-refractivity contribution in [1.82, 2.24) is 4.90 Å². The van der Waals surface area contributed by atoms with Gasteiger partial charge in [0.1, 0.15) is 0 Å². The van der Waals surface area contributed by atoms with Gasteiger partial charge >= 0.3 is 5.97 Å². The summed E-state index contributed by atoms with van der Waals surface area (Å²) in [6.07, 6.45) is 4.36. The number of anilines is 1. The minimum atomic E-state index is -0.114. The first-order chi connectivity index (χ1) is 12.1. The van der Waals surface area contributed by atoms with Crippen LogP contribution in [0.4, 0.5) is 5.69 Å². The Balaban J connectivity index is 1.78. The van der Waals surface area contributed by atoms with Gasteiger partial charge in [0, 0.05) is 30.7 Å². The minimum Gasteiger partial charge on any atom is -0.469 e. The number of benzene rings is 1. The van der Waals surface area contributed by atoms with Crippen LogP contribution in [0.25, 0.3) is 0 Å². The average Bonchev–Trinajstić information content (AvgIpc) is 2.91. The molecule has 1 saturated carbocycles. The average molecular weight is 338 g/mol. The number of para-hydroxylation sites is 1. The molecule has 0 radical (unpaired) electrons. The third-order valence-corrected chi connectivity index (χ3v) is 7.52. The lowest BCUT2D eigenvalue weighted by Crippen LogP contribution is -2.72. The Hall–Kier alpha value is -1.81. The molecule has 1 aliphatic carbocycles. The van der Waals surface area contributed by atoms with Gasteiger partial charge in [-0.1, -0.05) is 29.8 Å². The maximum absolute atomic E-state index is 13.1. The molecule has 4 aliphatic rings. The van der Waals surface area contributed by atoms with Gasteiger partial charge in [-0.3, -0.25) is 9.69 Å². The molecule has 0 N–H and O–H groups in total. The van der Waals surface area contributed by atoms with Gasteiger partial charge in [0.15, 0.2) is 0 Å². The van der Waals surface area contributed by atoms with Gasteiger partial charge in [-0.25, -0.2) is 0 Å². The fraction of sp³-hybridized carbons (Fsp3) is 0.571. The number of ether oxygens (including phenoxy) is 1. The topological polar surface area (TPSA) is 32.8 Å². The maximum atomic E-state index is 13.1. The Morgan fingerprint density at radius 2 is 2.16 bits per heavy atom. The number of rotatable bonds is 1. The molecule has 3 fully saturated rings. The third-order valence-electron chi connectivity index (χ3n) is 7.52. The second kappa shape index (κ2) is 5.10. The summed E-state index contributed by atoms with van der Waals surface area (Å²) in [6.45, 7) is 4.20. The Morgan fingerprint density at radius 1 is 1.36 bits per heavy atom. The zero-order valence-electron chi connectivity index (χ0n) is 15.2. The zero-order valence-corrected chi connectivity index (χ0v) is 15.2. The van der Waals surface area contributed by atoms with Gasteiger partial charge in [-0.15, -0.1) is 0 Å². The quantitative estimate of drug-likeness (QED) is 0.582. The summed E-state index contributed by atoms with van der Waals surface area (Å²) in [5.41, 5.74) is 3.98. The van der Waals surface area contributed by atoms with Crippen LogP contribution >= 0.6 is 0 Å². The monoisotopic (exact) mass is 338 g/mol. The summed E-state index contributed by atoms with van der Waals surface area (Å²) in [4.78, 5) is 18.2. The number of esters is 1.